The maximum absolute atomic E-state index is 11.7. The molecule has 1 aromatic carbocycles. The molecule has 0 N–H and O–H groups in total. The highest BCUT2D eigenvalue weighted by Gasteiger charge is 2.24. The number of benzene rings is 1. The summed E-state index contributed by atoms with van der Waals surface area (Å²) in [5.74, 6) is 0.0921. The second kappa shape index (κ2) is 6.68. The molecule has 1 amide bonds. The number of carbonyl (C=O) groups is 1. The van der Waals surface area contributed by atoms with Crippen LogP contribution in [-0.2, 0) is 9.53 Å². The zero-order valence-corrected chi connectivity index (χ0v) is 11.7. The Morgan fingerprint density at radius 3 is 2.42 bits per heavy atom. The van der Waals surface area contributed by atoms with Crippen LogP contribution in [0.25, 0.3) is 0 Å². The van der Waals surface area contributed by atoms with E-state index in [9.17, 15) is 4.79 Å². The number of amides is 1. The standard InChI is InChI=1S/C15H22N2O2/c1-13(14-6-4-3-5-7-14)16-8-10-17(11-9-16)15(18)12-19-2/h3-7,13H,8-12H2,1-2H3. The van der Waals surface area contributed by atoms with E-state index in [0.717, 1.165) is 26.2 Å². The molecule has 0 aliphatic carbocycles. The van der Waals surface area contributed by atoms with E-state index in [0.29, 0.717) is 6.04 Å². The maximum atomic E-state index is 11.7. The summed E-state index contributed by atoms with van der Waals surface area (Å²) in [7, 11) is 1.56. The van der Waals surface area contributed by atoms with E-state index in [1.165, 1.54) is 5.56 Å². The van der Waals surface area contributed by atoms with Crippen LogP contribution >= 0.6 is 0 Å². The number of methoxy groups -OCH3 is 1. The van der Waals surface area contributed by atoms with Crippen molar-refractivity contribution in [2.75, 3.05) is 39.9 Å². The van der Waals surface area contributed by atoms with Crippen LogP contribution < -0.4 is 0 Å². The first-order valence-electron chi connectivity index (χ1n) is 6.78. The van der Waals surface area contributed by atoms with Gasteiger partial charge in [-0.3, -0.25) is 9.69 Å². The Morgan fingerprint density at radius 1 is 1.21 bits per heavy atom. The fraction of sp³-hybridized carbons (Fsp3) is 0.533. The Labute approximate surface area is 115 Å². The fourth-order valence-electron chi connectivity index (χ4n) is 2.52. The minimum atomic E-state index is 0.0921. The second-order valence-electron chi connectivity index (χ2n) is 4.94. The van der Waals surface area contributed by atoms with Crippen LogP contribution in [0.3, 0.4) is 0 Å². The fourth-order valence-corrected chi connectivity index (χ4v) is 2.52. The van der Waals surface area contributed by atoms with Crippen molar-refractivity contribution >= 4 is 5.91 Å². The van der Waals surface area contributed by atoms with E-state index in [4.69, 9.17) is 4.74 Å². The van der Waals surface area contributed by atoms with Gasteiger partial charge in [0.25, 0.3) is 0 Å². The number of piperazine rings is 1. The Kier molecular flexibility index (Phi) is 4.93. The lowest BCUT2D eigenvalue weighted by atomic mass is 10.1. The van der Waals surface area contributed by atoms with Gasteiger partial charge in [0, 0.05) is 39.3 Å². The van der Waals surface area contributed by atoms with Crippen molar-refractivity contribution in [2.24, 2.45) is 0 Å². The zero-order valence-electron chi connectivity index (χ0n) is 11.7. The molecule has 4 heteroatoms. The smallest absolute Gasteiger partial charge is 0.248 e. The molecule has 0 saturated carbocycles. The van der Waals surface area contributed by atoms with Crippen LogP contribution in [0.2, 0.25) is 0 Å². The molecule has 1 aliphatic rings. The van der Waals surface area contributed by atoms with Gasteiger partial charge in [-0.05, 0) is 12.5 Å². The van der Waals surface area contributed by atoms with Gasteiger partial charge in [0.15, 0.2) is 0 Å². The minimum Gasteiger partial charge on any atom is -0.375 e. The quantitative estimate of drug-likeness (QED) is 0.825. The van der Waals surface area contributed by atoms with Gasteiger partial charge in [-0.25, -0.2) is 0 Å². The second-order valence-corrected chi connectivity index (χ2v) is 4.94. The van der Waals surface area contributed by atoms with Crippen molar-refractivity contribution in [3.8, 4) is 0 Å². The average Bonchev–Trinajstić information content (AvgIpc) is 2.48. The molecule has 1 unspecified atom stereocenters. The van der Waals surface area contributed by atoms with E-state index in [2.05, 4.69) is 36.1 Å². The lowest BCUT2D eigenvalue weighted by Gasteiger charge is -2.38. The lowest BCUT2D eigenvalue weighted by molar-refractivity contribution is -0.137. The summed E-state index contributed by atoms with van der Waals surface area (Å²) >= 11 is 0. The van der Waals surface area contributed by atoms with E-state index in [-0.39, 0.29) is 12.5 Å². The van der Waals surface area contributed by atoms with E-state index >= 15 is 0 Å². The summed E-state index contributed by atoms with van der Waals surface area (Å²) < 4.78 is 4.90. The van der Waals surface area contributed by atoms with E-state index in [1.807, 2.05) is 11.0 Å². The third-order valence-corrected chi connectivity index (χ3v) is 3.76. The molecule has 0 aromatic heterocycles. The van der Waals surface area contributed by atoms with Gasteiger partial charge in [0.2, 0.25) is 5.91 Å². The van der Waals surface area contributed by atoms with Crippen molar-refractivity contribution in [3.63, 3.8) is 0 Å². The monoisotopic (exact) mass is 262 g/mol. The predicted molar refractivity (Wildman–Crippen MR) is 74.9 cm³/mol. The molecule has 1 fully saturated rings. The van der Waals surface area contributed by atoms with E-state index < -0.39 is 0 Å². The first-order chi connectivity index (χ1) is 9.22. The molecular weight excluding hydrogens is 240 g/mol. The molecule has 1 aromatic rings. The van der Waals surface area contributed by atoms with Crippen LogP contribution in [0.1, 0.15) is 18.5 Å². The Bertz CT molecular complexity index is 400. The third kappa shape index (κ3) is 3.55. The highest BCUT2D eigenvalue weighted by atomic mass is 16.5. The van der Waals surface area contributed by atoms with Gasteiger partial charge >= 0.3 is 0 Å². The van der Waals surface area contributed by atoms with Gasteiger partial charge in [-0.1, -0.05) is 30.3 Å². The zero-order chi connectivity index (χ0) is 13.7. The van der Waals surface area contributed by atoms with Crippen molar-refractivity contribution in [3.05, 3.63) is 35.9 Å². The predicted octanol–water partition coefficient (Wildman–Crippen LogP) is 1.54. The SMILES string of the molecule is COCC(=O)N1CCN(C(C)c2ccccc2)CC1. The first-order valence-corrected chi connectivity index (χ1v) is 6.78. The number of nitrogens with zero attached hydrogens (tertiary/aromatic N) is 2. The summed E-state index contributed by atoms with van der Waals surface area (Å²) in [6.07, 6.45) is 0. The molecule has 0 spiro atoms. The highest BCUT2D eigenvalue weighted by molar-refractivity contribution is 5.77. The van der Waals surface area contributed by atoms with Gasteiger partial charge in [-0.15, -0.1) is 0 Å². The van der Waals surface area contributed by atoms with Gasteiger partial charge in [-0.2, -0.15) is 0 Å². The number of carbonyl (C=O) groups excluding carboxylic acids is 1. The molecule has 1 aliphatic heterocycles. The molecule has 1 heterocycles. The van der Waals surface area contributed by atoms with Crippen LogP contribution in [0, 0.1) is 0 Å². The minimum absolute atomic E-state index is 0.0921. The highest BCUT2D eigenvalue weighted by Crippen LogP contribution is 2.21. The summed E-state index contributed by atoms with van der Waals surface area (Å²) in [4.78, 5) is 16.0. The van der Waals surface area contributed by atoms with Crippen molar-refractivity contribution in [2.45, 2.75) is 13.0 Å². The molecule has 0 bridgehead atoms. The topological polar surface area (TPSA) is 32.8 Å². The number of hydrogen-bond acceptors (Lipinski definition) is 3. The number of ether oxygens (including phenoxy) is 1. The van der Waals surface area contributed by atoms with Gasteiger partial charge < -0.3 is 9.64 Å². The van der Waals surface area contributed by atoms with Crippen LogP contribution in [0.5, 0.6) is 0 Å². The molecule has 104 valence electrons. The van der Waals surface area contributed by atoms with Crippen molar-refractivity contribution in [1.29, 1.82) is 0 Å². The third-order valence-electron chi connectivity index (χ3n) is 3.76. The lowest BCUT2D eigenvalue weighted by Crippen LogP contribution is -2.50. The molecule has 4 nitrogen and oxygen atoms in total. The number of hydrogen-bond donors (Lipinski definition) is 0. The molecule has 0 radical (unpaired) electrons. The van der Waals surface area contributed by atoms with E-state index in [1.54, 1.807) is 7.11 Å². The largest absolute Gasteiger partial charge is 0.375 e. The first kappa shape index (κ1) is 14.0. The van der Waals surface area contributed by atoms with Gasteiger partial charge in [0.1, 0.15) is 6.61 Å². The Balaban J connectivity index is 1.88. The summed E-state index contributed by atoms with van der Waals surface area (Å²) in [6.45, 7) is 5.84. The molecule has 1 atom stereocenters. The normalized spacial score (nSPS) is 18.3. The summed E-state index contributed by atoms with van der Waals surface area (Å²) in [6, 6.07) is 10.9. The molecular formula is C15H22N2O2. The van der Waals surface area contributed by atoms with Crippen molar-refractivity contribution in [1.82, 2.24) is 9.80 Å². The Morgan fingerprint density at radius 2 is 1.84 bits per heavy atom. The molecule has 1 saturated heterocycles. The summed E-state index contributed by atoms with van der Waals surface area (Å²) in [5.41, 5.74) is 1.33. The summed E-state index contributed by atoms with van der Waals surface area (Å²) in [5, 5.41) is 0. The maximum Gasteiger partial charge on any atom is 0.248 e. The van der Waals surface area contributed by atoms with Crippen LogP contribution in [0.4, 0.5) is 0 Å². The molecule has 2 rings (SSSR count). The van der Waals surface area contributed by atoms with Gasteiger partial charge in [0.05, 0.1) is 0 Å². The Hall–Kier alpha value is -1.39. The van der Waals surface area contributed by atoms with Crippen LogP contribution in [0.15, 0.2) is 30.3 Å². The average molecular weight is 262 g/mol. The van der Waals surface area contributed by atoms with Crippen LogP contribution in [-0.4, -0.2) is 55.6 Å². The number of rotatable bonds is 4. The molecule has 19 heavy (non-hydrogen) atoms. The van der Waals surface area contributed by atoms with Crippen molar-refractivity contribution < 1.29 is 9.53 Å².